The summed E-state index contributed by atoms with van der Waals surface area (Å²) in [6, 6.07) is 3.35. The maximum absolute atomic E-state index is 11.9. The van der Waals surface area contributed by atoms with Crippen molar-refractivity contribution in [1.29, 1.82) is 0 Å². The average Bonchev–Trinajstić information content (AvgIpc) is 3.15. The highest BCUT2D eigenvalue weighted by Gasteiger charge is 2.26. The Kier molecular flexibility index (Phi) is 4.09. The van der Waals surface area contributed by atoms with E-state index >= 15 is 0 Å². The maximum Gasteiger partial charge on any atom is 0.327 e. The number of carbonyl (C=O) groups is 1. The number of nitrogens with one attached hydrogen (secondary N) is 1. The first kappa shape index (κ1) is 12.0. The van der Waals surface area contributed by atoms with Crippen LogP contribution in [0.4, 0.5) is 0 Å². The Morgan fingerprint density at radius 2 is 2.47 bits per heavy atom. The number of ether oxygens (including phenoxy) is 1. The minimum atomic E-state index is -0.385. The zero-order valence-corrected chi connectivity index (χ0v) is 10.1. The minimum Gasteiger partial charge on any atom is -0.465 e. The van der Waals surface area contributed by atoms with Gasteiger partial charge in [-0.15, -0.1) is 0 Å². The number of hydrogen-bond donors (Lipinski definition) is 1. The van der Waals surface area contributed by atoms with Crippen molar-refractivity contribution in [2.45, 2.75) is 25.8 Å². The molecule has 1 aliphatic carbocycles. The molecular weight excluding hydrogens is 216 g/mol. The molecule has 17 heavy (non-hydrogen) atoms. The third-order valence-corrected chi connectivity index (χ3v) is 2.85. The summed E-state index contributed by atoms with van der Waals surface area (Å²) in [6.07, 6.45) is 5.93. The minimum absolute atomic E-state index is 0.221. The highest BCUT2D eigenvalue weighted by Crippen LogP contribution is 2.28. The number of aromatic nitrogens is 1. The van der Waals surface area contributed by atoms with Crippen molar-refractivity contribution in [3.63, 3.8) is 0 Å². The number of carbonyl (C=O) groups excluding carboxylic acids is 1. The quantitative estimate of drug-likeness (QED) is 0.761. The number of rotatable bonds is 6. The Bertz CT molecular complexity index is 363. The van der Waals surface area contributed by atoms with Crippen molar-refractivity contribution in [2.75, 3.05) is 13.2 Å². The molecule has 1 aromatic heterocycles. The van der Waals surface area contributed by atoms with Crippen LogP contribution in [0.25, 0.3) is 0 Å². The molecule has 4 nitrogen and oxygen atoms in total. The first-order valence-corrected chi connectivity index (χ1v) is 6.11. The molecule has 1 aromatic rings. The van der Waals surface area contributed by atoms with E-state index < -0.39 is 0 Å². The molecule has 1 saturated carbocycles. The van der Waals surface area contributed by atoms with Crippen LogP contribution in [0.2, 0.25) is 0 Å². The van der Waals surface area contributed by atoms with Gasteiger partial charge in [-0.25, -0.2) is 4.79 Å². The predicted octanol–water partition coefficient (Wildman–Crippen LogP) is 1.69. The number of nitrogens with zero attached hydrogens (tertiary/aromatic N) is 1. The molecule has 1 atom stereocenters. The fraction of sp³-hybridized carbons (Fsp3) is 0.538. The molecule has 1 heterocycles. The largest absolute Gasteiger partial charge is 0.465 e. The second kappa shape index (κ2) is 5.77. The molecule has 0 saturated heterocycles. The van der Waals surface area contributed by atoms with E-state index in [1.54, 1.807) is 12.4 Å². The van der Waals surface area contributed by atoms with Crippen LogP contribution in [-0.4, -0.2) is 24.1 Å². The summed E-state index contributed by atoms with van der Waals surface area (Å²) in [6.45, 7) is 3.10. The number of esters is 1. The Labute approximate surface area is 101 Å². The van der Waals surface area contributed by atoms with Crippen LogP contribution in [0.5, 0.6) is 0 Å². The predicted molar refractivity (Wildman–Crippen MR) is 64.3 cm³/mol. The van der Waals surface area contributed by atoms with Crippen LogP contribution in [0, 0.1) is 5.92 Å². The van der Waals surface area contributed by atoms with Crippen LogP contribution in [0.3, 0.4) is 0 Å². The van der Waals surface area contributed by atoms with Gasteiger partial charge in [-0.1, -0.05) is 6.07 Å². The van der Waals surface area contributed by atoms with Crippen molar-refractivity contribution >= 4 is 5.97 Å². The van der Waals surface area contributed by atoms with Gasteiger partial charge in [-0.2, -0.15) is 0 Å². The molecular formula is C13H18N2O2. The lowest BCUT2D eigenvalue weighted by Crippen LogP contribution is -2.31. The molecule has 0 aromatic carbocycles. The lowest BCUT2D eigenvalue weighted by molar-refractivity contribution is -0.145. The molecule has 0 radical (unpaired) electrons. The van der Waals surface area contributed by atoms with Crippen LogP contribution in [-0.2, 0) is 9.53 Å². The highest BCUT2D eigenvalue weighted by atomic mass is 16.5. The third-order valence-electron chi connectivity index (χ3n) is 2.85. The molecule has 0 unspecified atom stereocenters. The first-order chi connectivity index (χ1) is 8.31. The van der Waals surface area contributed by atoms with Crippen LogP contribution in [0.1, 0.15) is 31.4 Å². The summed E-state index contributed by atoms with van der Waals surface area (Å²) in [4.78, 5) is 15.9. The fourth-order valence-electron chi connectivity index (χ4n) is 1.72. The molecule has 1 N–H and O–H groups in total. The fourth-order valence-corrected chi connectivity index (χ4v) is 1.72. The average molecular weight is 234 g/mol. The normalized spacial score (nSPS) is 16.5. The topological polar surface area (TPSA) is 51.2 Å². The van der Waals surface area contributed by atoms with Gasteiger partial charge >= 0.3 is 5.97 Å². The SMILES string of the molecule is CCOC(=O)[C@H](NCC1CC1)c1cccnc1. The Hall–Kier alpha value is -1.42. The van der Waals surface area contributed by atoms with Crippen molar-refractivity contribution in [1.82, 2.24) is 10.3 Å². The summed E-state index contributed by atoms with van der Waals surface area (Å²) in [5.41, 5.74) is 0.867. The van der Waals surface area contributed by atoms with Gasteiger partial charge in [0.05, 0.1) is 6.61 Å². The van der Waals surface area contributed by atoms with Gasteiger partial charge in [-0.3, -0.25) is 4.98 Å². The first-order valence-electron chi connectivity index (χ1n) is 6.11. The van der Waals surface area contributed by atoms with E-state index in [1.165, 1.54) is 12.8 Å². The Balaban J connectivity index is 2.02. The van der Waals surface area contributed by atoms with Crippen molar-refractivity contribution < 1.29 is 9.53 Å². The molecule has 0 amide bonds. The molecule has 0 bridgehead atoms. The lowest BCUT2D eigenvalue weighted by Gasteiger charge is -2.17. The monoisotopic (exact) mass is 234 g/mol. The van der Waals surface area contributed by atoms with Crippen molar-refractivity contribution in [3.8, 4) is 0 Å². The molecule has 0 spiro atoms. The summed E-state index contributed by atoms with van der Waals surface area (Å²) >= 11 is 0. The van der Waals surface area contributed by atoms with Gasteiger partial charge in [0.25, 0.3) is 0 Å². The van der Waals surface area contributed by atoms with Gasteiger partial charge < -0.3 is 10.1 Å². The molecule has 2 rings (SSSR count). The number of hydrogen-bond acceptors (Lipinski definition) is 4. The third kappa shape index (κ3) is 3.53. The van der Waals surface area contributed by atoms with E-state index in [1.807, 2.05) is 19.1 Å². The number of pyridine rings is 1. The highest BCUT2D eigenvalue weighted by molar-refractivity contribution is 5.77. The molecule has 1 aliphatic rings. The van der Waals surface area contributed by atoms with E-state index in [0.717, 1.165) is 18.0 Å². The Morgan fingerprint density at radius 3 is 3.06 bits per heavy atom. The van der Waals surface area contributed by atoms with Gasteiger partial charge in [0, 0.05) is 12.4 Å². The van der Waals surface area contributed by atoms with Gasteiger partial charge in [0.2, 0.25) is 0 Å². The maximum atomic E-state index is 11.9. The van der Waals surface area contributed by atoms with Crippen LogP contribution >= 0.6 is 0 Å². The van der Waals surface area contributed by atoms with Crippen molar-refractivity contribution in [2.24, 2.45) is 5.92 Å². The zero-order chi connectivity index (χ0) is 12.1. The van der Waals surface area contributed by atoms with E-state index in [0.29, 0.717) is 6.61 Å². The van der Waals surface area contributed by atoms with Crippen LogP contribution in [0.15, 0.2) is 24.5 Å². The molecule has 92 valence electrons. The molecule has 0 aliphatic heterocycles. The zero-order valence-electron chi connectivity index (χ0n) is 10.1. The summed E-state index contributed by atoms with van der Waals surface area (Å²) < 4.78 is 5.08. The molecule has 4 heteroatoms. The van der Waals surface area contributed by atoms with E-state index in [4.69, 9.17) is 4.74 Å². The van der Waals surface area contributed by atoms with Gasteiger partial charge in [-0.05, 0) is 43.9 Å². The second-order valence-electron chi connectivity index (χ2n) is 4.32. The van der Waals surface area contributed by atoms with Gasteiger partial charge in [0.15, 0.2) is 0 Å². The van der Waals surface area contributed by atoms with Crippen molar-refractivity contribution in [3.05, 3.63) is 30.1 Å². The lowest BCUT2D eigenvalue weighted by atomic mass is 10.1. The Morgan fingerprint density at radius 1 is 1.65 bits per heavy atom. The van der Waals surface area contributed by atoms with Gasteiger partial charge in [0.1, 0.15) is 6.04 Å². The second-order valence-corrected chi connectivity index (χ2v) is 4.32. The summed E-state index contributed by atoms with van der Waals surface area (Å²) in [5, 5.41) is 3.27. The standard InChI is InChI=1S/C13H18N2O2/c1-2-17-13(16)12(15-8-10-5-6-10)11-4-3-7-14-9-11/h3-4,7,9-10,12,15H,2,5-6,8H2,1H3/t12-/m1/s1. The van der Waals surface area contributed by atoms with E-state index in [9.17, 15) is 4.79 Å². The van der Waals surface area contributed by atoms with Crippen LogP contribution < -0.4 is 5.32 Å². The summed E-state index contributed by atoms with van der Waals surface area (Å²) in [5.74, 6) is 0.504. The summed E-state index contributed by atoms with van der Waals surface area (Å²) in [7, 11) is 0. The molecule has 1 fully saturated rings. The van der Waals surface area contributed by atoms with E-state index in [-0.39, 0.29) is 12.0 Å². The van der Waals surface area contributed by atoms with E-state index in [2.05, 4.69) is 10.3 Å². The smallest absolute Gasteiger partial charge is 0.327 e.